The predicted octanol–water partition coefficient (Wildman–Crippen LogP) is 2.15. The van der Waals surface area contributed by atoms with Crippen molar-refractivity contribution >= 4 is 0 Å². The van der Waals surface area contributed by atoms with Crippen molar-refractivity contribution in [3.05, 3.63) is 11.6 Å². The van der Waals surface area contributed by atoms with Gasteiger partial charge in [-0.15, -0.1) is 0 Å². The lowest BCUT2D eigenvalue weighted by Gasteiger charge is -2.70. The fourth-order valence-corrected chi connectivity index (χ4v) is 13.3. The summed E-state index contributed by atoms with van der Waals surface area (Å²) in [4.78, 5) is 0. The van der Waals surface area contributed by atoms with E-state index in [4.69, 9.17) is 18.9 Å². The van der Waals surface area contributed by atoms with Crippen LogP contribution < -0.4 is 0 Å². The molecule has 0 spiro atoms. The van der Waals surface area contributed by atoms with Crippen LogP contribution in [0.5, 0.6) is 0 Å². The van der Waals surface area contributed by atoms with Gasteiger partial charge in [0.25, 0.3) is 0 Å². The second-order valence-electron chi connectivity index (χ2n) is 20.1. The van der Waals surface area contributed by atoms with Crippen LogP contribution in [0.1, 0.15) is 113 Å². The van der Waals surface area contributed by atoms with Gasteiger partial charge in [-0.3, -0.25) is 0 Å². The van der Waals surface area contributed by atoms with E-state index in [1.807, 2.05) is 6.92 Å². The summed E-state index contributed by atoms with van der Waals surface area (Å²) in [5, 5.41) is 97.4. The molecule has 13 heteroatoms. The highest BCUT2D eigenvalue weighted by atomic mass is 16.8. The van der Waals surface area contributed by atoms with Crippen molar-refractivity contribution in [1.82, 2.24) is 0 Å². The van der Waals surface area contributed by atoms with Gasteiger partial charge in [-0.2, -0.15) is 0 Å². The monoisotopic (exact) mass is 784 g/mol. The topological polar surface area (TPSA) is 219 Å². The molecule has 0 bridgehead atoms. The van der Waals surface area contributed by atoms with E-state index < -0.39 is 97.8 Å². The van der Waals surface area contributed by atoms with Crippen molar-refractivity contribution in [1.29, 1.82) is 0 Å². The number of rotatable bonds is 10. The van der Waals surface area contributed by atoms with Gasteiger partial charge >= 0.3 is 0 Å². The number of aliphatic hydroxyl groups excluding tert-OH is 8. The van der Waals surface area contributed by atoms with Gasteiger partial charge in [0.2, 0.25) is 0 Å². The molecule has 2 saturated heterocycles. The van der Waals surface area contributed by atoms with E-state index in [0.29, 0.717) is 19.3 Å². The number of ether oxygens (including phenoxy) is 4. The van der Waals surface area contributed by atoms with Gasteiger partial charge in [0.05, 0.1) is 31.0 Å². The third kappa shape index (κ3) is 7.20. The van der Waals surface area contributed by atoms with E-state index in [0.717, 1.165) is 38.5 Å². The Labute approximate surface area is 327 Å². The molecule has 6 rings (SSSR count). The molecule has 0 aromatic heterocycles. The zero-order valence-corrected chi connectivity index (χ0v) is 34.3. The normalized spacial score (nSPS) is 52.0. The summed E-state index contributed by atoms with van der Waals surface area (Å²) in [6.07, 6.45) is -6.48. The maximum Gasteiger partial charge on any atom is 0.187 e. The molecule has 55 heavy (non-hydrogen) atoms. The minimum Gasteiger partial charge on any atom is -0.394 e. The second kappa shape index (κ2) is 15.7. The Morgan fingerprint density at radius 2 is 1.33 bits per heavy atom. The molecule has 0 aromatic rings. The Morgan fingerprint density at radius 1 is 0.727 bits per heavy atom. The quantitative estimate of drug-likeness (QED) is 0.115. The van der Waals surface area contributed by atoms with E-state index in [1.54, 1.807) is 0 Å². The first-order chi connectivity index (χ1) is 25.6. The van der Waals surface area contributed by atoms with E-state index >= 15 is 0 Å². The van der Waals surface area contributed by atoms with E-state index in [-0.39, 0.29) is 39.9 Å². The lowest BCUT2D eigenvalue weighted by molar-refractivity contribution is -0.378. The van der Waals surface area contributed by atoms with Crippen molar-refractivity contribution in [3.63, 3.8) is 0 Å². The molecular formula is C42H72O13. The summed E-state index contributed by atoms with van der Waals surface area (Å²) in [5.41, 5.74) is -0.405. The average molecular weight is 785 g/mol. The molecule has 6 fully saturated rings. The first-order valence-electron chi connectivity index (χ1n) is 20.9. The Balaban J connectivity index is 1.23. The summed E-state index contributed by atoms with van der Waals surface area (Å²) in [6, 6.07) is 0. The molecule has 20 atom stereocenters. The molecule has 4 aliphatic carbocycles. The average Bonchev–Trinajstić information content (AvgIpc) is 3.50. The molecule has 7 unspecified atom stereocenters. The van der Waals surface area contributed by atoms with Crippen molar-refractivity contribution in [2.24, 2.45) is 45.3 Å². The van der Waals surface area contributed by atoms with Crippen LogP contribution in [-0.4, -0.2) is 138 Å². The smallest absolute Gasteiger partial charge is 0.187 e. The Kier molecular flexibility index (Phi) is 12.5. The van der Waals surface area contributed by atoms with E-state index in [9.17, 15) is 46.0 Å². The Hall–Kier alpha value is -0.780. The fourth-order valence-electron chi connectivity index (χ4n) is 13.3. The molecule has 9 N–H and O–H groups in total. The maximum atomic E-state index is 12.2. The van der Waals surface area contributed by atoms with Crippen molar-refractivity contribution in [2.75, 3.05) is 13.2 Å². The molecule has 0 radical (unpaired) electrons. The predicted molar refractivity (Wildman–Crippen MR) is 201 cm³/mol. The molecule has 318 valence electrons. The van der Waals surface area contributed by atoms with Crippen LogP contribution in [0.25, 0.3) is 0 Å². The van der Waals surface area contributed by atoms with Gasteiger partial charge in [-0.05, 0) is 124 Å². The molecule has 2 heterocycles. The largest absolute Gasteiger partial charge is 0.394 e. The fraction of sp³-hybridized carbons (Fsp3) is 0.952. The third-order valence-corrected chi connectivity index (χ3v) is 16.6. The van der Waals surface area contributed by atoms with Crippen LogP contribution in [0.4, 0.5) is 0 Å². The highest BCUT2D eigenvalue weighted by Gasteiger charge is 2.71. The lowest BCUT2D eigenvalue weighted by Crippen LogP contribution is -2.68. The van der Waals surface area contributed by atoms with Gasteiger partial charge in [-0.1, -0.05) is 46.3 Å². The zero-order chi connectivity index (χ0) is 40.6. The zero-order valence-electron chi connectivity index (χ0n) is 34.3. The van der Waals surface area contributed by atoms with Crippen LogP contribution in [0.2, 0.25) is 0 Å². The first-order valence-corrected chi connectivity index (χ1v) is 20.9. The Bertz CT molecular complexity index is 1370. The summed E-state index contributed by atoms with van der Waals surface area (Å²) < 4.78 is 24.4. The third-order valence-electron chi connectivity index (χ3n) is 16.6. The summed E-state index contributed by atoms with van der Waals surface area (Å²) in [7, 11) is 0. The summed E-state index contributed by atoms with van der Waals surface area (Å²) in [5.74, 6) is 0.445. The Morgan fingerprint density at radius 3 is 1.95 bits per heavy atom. The van der Waals surface area contributed by atoms with E-state index in [1.165, 1.54) is 5.57 Å². The summed E-state index contributed by atoms with van der Waals surface area (Å²) >= 11 is 0. The molecule has 0 aromatic carbocycles. The van der Waals surface area contributed by atoms with Crippen LogP contribution in [0, 0.1) is 45.3 Å². The number of allylic oxidation sites excluding steroid dienone is 2. The van der Waals surface area contributed by atoms with Crippen LogP contribution in [0.15, 0.2) is 11.6 Å². The van der Waals surface area contributed by atoms with E-state index in [2.05, 4.69) is 54.5 Å². The second-order valence-corrected chi connectivity index (χ2v) is 20.1. The van der Waals surface area contributed by atoms with Crippen LogP contribution in [-0.2, 0) is 18.9 Å². The highest BCUT2D eigenvalue weighted by Crippen LogP contribution is 2.76. The van der Waals surface area contributed by atoms with Crippen LogP contribution >= 0.6 is 0 Å². The van der Waals surface area contributed by atoms with Gasteiger partial charge in [-0.25, -0.2) is 0 Å². The SMILES string of the molecule is CC(C)=CCCC(C)(O)[C@H]1CC[C@]2(C)[C@@H]1[C@H](O)C[C@@H]1[C@@]3(C)CC[C@H](O[C@@H]4OC(CO)[C@@H](O)C(O)C4O[C@@H]4OC(CO)[C@@H](O)C(O)C4O)C(C)(C)[C@@H]3CC[C@]12C. The minimum absolute atomic E-state index is 0.00798. The van der Waals surface area contributed by atoms with Crippen molar-refractivity contribution in [3.8, 4) is 0 Å². The van der Waals surface area contributed by atoms with Gasteiger partial charge in [0.1, 0.15) is 48.8 Å². The van der Waals surface area contributed by atoms with Gasteiger partial charge < -0.3 is 64.9 Å². The molecule has 2 aliphatic heterocycles. The molecule has 4 saturated carbocycles. The standard InChI is InChI=1S/C42H72O13/c1-21(2)10-9-14-42(8,51)22-11-16-41(7)29(22)23(45)18-27-39(5)15-13-28(38(3,4)26(39)12-17-40(27,41)6)54-37-35(33(49)31(47)25(20-44)53-37)55-36-34(50)32(48)30(46)24(19-43)52-36/h10,22-37,43-51H,9,11-20H2,1-8H3/t22-,23+,24?,25?,26-,27+,28-,29-,30+,31+,32?,33?,34?,35?,36-,37-,39-,40+,41+,42?/m0/s1. The van der Waals surface area contributed by atoms with Crippen molar-refractivity contribution < 1.29 is 64.9 Å². The molecule has 13 nitrogen and oxygen atoms in total. The van der Waals surface area contributed by atoms with Crippen LogP contribution in [0.3, 0.4) is 0 Å². The number of hydrogen-bond acceptors (Lipinski definition) is 13. The minimum atomic E-state index is -1.75. The number of hydrogen-bond donors (Lipinski definition) is 9. The highest BCUT2D eigenvalue weighted by molar-refractivity contribution is 5.20. The molecule has 0 amide bonds. The van der Waals surface area contributed by atoms with Crippen molar-refractivity contribution in [2.45, 2.75) is 192 Å². The summed E-state index contributed by atoms with van der Waals surface area (Å²) in [6.45, 7) is 16.5. The lowest BCUT2D eigenvalue weighted by atomic mass is 9.35. The van der Waals surface area contributed by atoms with Gasteiger partial charge in [0.15, 0.2) is 12.6 Å². The maximum absolute atomic E-state index is 12.2. The number of fused-ring (bicyclic) bond motifs is 5. The van der Waals surface area contributed by atoms with Gasteiger partial charge in [0, 0.05) is 0 Å². The first kappa shape index (κ1) is 43.8. The molecular weight excluding hydrogens is 712 g/mol. The number of aliphatic hydroxyl groups is 9. The molecule has 6 aliphatic rings.